The Morgan fingerprint density at radius 2 is 1.08 bits per heavy atom. The van der Waals surface area contributed by atoms with Gasteiger partial charge in [-0.15, -0.1) is 0 Å². The molecule has 4 aromatic heterocycles. The summed E-state index contributed by atoms with van der Waals surface area (Å²) in [7, 11) is 0. The molecule has 0 radical (unpaired) electrons. The Morgan fingerprint density at radius 1 is 0.413 bits per heavy atom. The van der Waals surface area contributed by atoms with Crippen molar-refractivity contribution in [1.29, 1.82) is 0 Å². The Labute approximate surface area is 363 Å². The average molecular weight is 807 g/mol. The van der Waals surface area contributed by atoms with Crippen molar-refractivity contribution >= 4 is 71.1 Å². The van der Waals surface area contributed by atoms with Gasteiger partial charge < -0.3 is 13.7 Å². The molecule has 8 aromatic carbocycles. The van der Waals surface area contributed by atoms with E-state index < -0.39 is 0 Å². The molecule has 1 aliphatic heterocycles. The molecule has 6 nitrogen and oxygen atoms in total. The normalized spacial score (nSPS) is 13.0. The quantitative estimate of drug-likeness (QED) is 0.168. The number of para-hydroxylation sites is 4. The van der Waals surface area contributed by atoms with Gasteiger partial charge in [-0.1, -0.05) is 103 Å². The minimum atomic E-state index is 0.697. The molecular weight excluding hydrogens is 769 g/mol. The first-order valence-electron chi connectivity index (χ1n) is 21.6. The predicted molar refractivity (Wildman–Crippen MR) is 261 cm³/mol. The van der Waals surface area contributed by atoms with E-state index in [1.165, 1.54) is 38.1 Å². The maximum Gasteiger partial charge on any atom is 0.160 e. The Kier molecular flexibility index (Phi) is 7.93. The van der Waals surface area contributed by atoms with Gasteiger partial charge >= 0.3 is 0 Å². The van der Waals surface area contributed by atoms with Crippen molar-refractivity contribution in [3.05, 3.63) is 212 Å². The van der Waals surface area contributed by atoms with Crippen molar-refractivity contribution in [2.24, 2.45) is 4.99 Å². The fraction of sp³-hybridized carbons (Fsp3) is 0.0351. The van der Waals surface area contributed by atoms with Crippen LogP contribution in [0.5, 0.6) is 0 Å². The molecule has 0 atom stereocenters. The highest BCUT2D eigenvalue weighted by atomic mass is 15.0. The lowest BCUT2D eigenvalue weighted by Crippen LogP contribution is -2.03. The van der Waals surface area contributed by atoms with Crippen LogP contribution < -0.4 is 0 Å². The third-order valence-corrected chi connectivity index (χ3v) is 12.8. The summed E-state index contributed by atoms with van der Waals surface area (Å²) in [5, 5.41) is 6.94. The van der Waals surface area contributed by atoms with Crippen molar-refractivity contribution in [1.82, 2.24) is 23.7 Å². The highest BCUT2D eigenvalue weighted by molar-refractivity contribution is 6.19. The standard InChI is InChI=1S/C57H38N6/c1-3-15-40(16-4-1)62-52-24-10-8-20-43(52)47-35-38(25-28-53(47)62)55-45-21-7-9-23-50(45)59-57(60-55)39-26-29-54-48(36-39)44-27-30-51-46(56(44)63(54)41-17-5-2-6-18-41)31-33-61(51)42-19-13-14-37(34-42)49-22-11-12-32-58-49/h1-10,12-21,23-36H,11,22H2. The highest BCUT2D eigenvalue weighted by Gasteiger charge is 2.21. The molecule has 0 fully saturated rings. The van der Waals surface area contributed by atoms with Crippen molar-refractivity contribution in [2.45, 2.75) is 12.8 Å². The summed E-state index contributed by atoms with van der Waals surface area (Å²) in [5.41, 5.74) is 15.3. The van der Waals surface area contributed by atoms with Gasteiger partial charge in [0, 0.05) is 78.6 Å². The number of fused-ring (bicyclic) bond motifs is 9. The fourth-order valence-electron chi connectivity index (χ4n) is 9.89. The number of hydrogen-bond acceptors (Lipinski definition) is 3. The van der Waals surface area contributed by atoms with Gasteiger partial charge in [0.1, 0.15) is 0 Å². The van der Waals surface area contributed by atoms with Gasteiger partial charge in [0.25, 0.3) is 0 Å². The van der Waals surface area contributed by atoms with E-state index >= 15 is 0 Å². The Balaban J connectivity index is 0.989. The number of hydrogen-bond donors (Lipinski definition) is 0. The van der Waals surface area contributed by atoms with Gasteiger partial charge in [-0.25, -0.2) is 9.97 Å². The van der Waals surface area contributed by atoms with Crippen molar-refractivity contribution < 1.29 is 0 Å². The molecule has 0 saturated heterocycles. The molecule has 6 heteroatoms. The van der Waals surface area contributed by atoms with Crippen LogP contribution in [-0.4, -0.2) is 29.4 Å². The molecule has 0 N–H and O–H groups in total. The summed E-state index contributed by atoms with van der Waals surface area (Å²) in [6.45, 7) is 0. The SMILES string of the molecule is C1=CN=C(c2cccc(-n3ccc4c3ccc3c5cc(-c6nc(-c7ccc8c(c7)c7ccccc7n8-c7ccccc7)c7ccccc7n6)ccc5n(-c5ccccc5)c34)c2)CC1. The molecule has 0 amide bonds. The zero-order valence-electron chi connectivity index (χ0n) is 34.2. The summed E-state index contributed by atoms with van der Waals surface area (Å²) in [6, 6.07) is 67.4. The average Bonchev–Trinajstić information content (AvgIpc) is 4.04. The lowest BCUT2D eigenvalue weighted by Gasteiger charge is -2.12. The van der Waals surface area contributed by atoms with Crippen LogP contribution in [0.1, 0.15) is 18.4 Å². The van der Waals surface area contributed by atoms with E-state index in [-0.39, 0.29) is 0 Å². The predicted octanol–water partition coefficient (Wildman–Crippen LogP) is 14.2. The zero-order valence-corrected chi connectivity index (χ0v) is 34.2. The van der Waals surface area contributed by atoms with Gasteiger partial charge in [-0.05, 0) is 109 Å². The van der Waals surface area contributed by atoms with E-state index in [0.717, 1.165) is 85.3 Å². The first kappa shape index (κ1) is 35.4. The second kappa shape index (κ2) is 14.1. The zero-order chi connectivity index (χ0) is 41.4. The minimum Gasteiger partial charge on any atom is -0.316 e. The minimum absolute atomic E-state index is 0.697. The summed E-state index contributed by atoms with van der Waals surface area (Å²) < 4.78 is 7.07. The van der Waals surface area contributed by atoms with Crippen molar-refractivity contribution in [2.75, 3.05) is 0 Å². The molecule has 13 rings (SSSR count). The molecule has 0 aliphatic carbocycles. The lowest BCUT2D eigenvalue weighted by atomic mass is 10.0. The molecule has 1 aliphatic rings. The molecule has 0 saturated carbocycles. The van der Waals surface area contributed by atoms with E-state index in [1.807, 2.05) is 6.20 Å². The molecule has 0 unspecified atom stereocenters. The largest absolute Gasteiger partial charge is 0.316 e. The second-order valence-electron chi connectivity index (χ2n) is 16.4. The monoisotopic (exact) mass is 806 g/mol. The lowest BCUT2D eigenvalue weighted by molar-refractivity contribution is 1.06. The maximum absolute atomic E-state index is 5.43. The summed E-state index contributed by atoms with van der Waals surface area (Å²) >= 11 is 0. The van der Waals surface area contributed by atoms with Gasteiger partial charge in [-0.3, -0.25) is 4.99 Å². The van der Waals surface area contributed by atoms with Crippen LogP contribution in [-0.2, 0) is 0 Å². The van der Waals surface area contributed by atoms with E-state index in [2.05, 4.69) is 214 Å². The molecule has 5 heterocycles. The van der Waals surface area contributed by atoms with Gasteiger partial charge in [0.15, 0.2) is 5.82 Å². The summed E-state index contributed by atoms with van der Waals surface area (Å²) in [4.78, 5) is 15.4. The smallest absolute Gasteiger partial charge is 0.160 e. The van der Waals surface area contributed by atoms with Crippen LogP contribution in [0.3, 0.4) is 0 Å². The topological polar surface area (TPSA) is 52.9 Å². The Bertz CT molecular complexity index is 3850. The van der Waals surface area contributed by atoms with Gasteiger partial charge in [0.05, 0.1) is 38.8 Å². The Morgan fingerprint density at radius 3 is 1.90 bits per heavy atom. The summed E-state index contributed by atoms with van der Waals surface area (Å²) in [5.74, 6) is 0.697. The van der Waals surface area contributed by atoms with Crippen LogP contribution in [0.4, 0.5) is 0 Å². The first-order valence-corrected chi connectivity index (χ1v) is 21.6. The van der Waals surface area contributed by atoms with Crippen LogP contribution in [0.25, 0.3) is 105 Å². The molecule has 0 spiro atoms. The Hall–Kier alpha value is -8.35. The van der Waals surface area contributed by atoms with Crippen LogP contribution in [0, 0.1) is 0 Å². The number of benzene rings is 8. The highest BCUT2D eigenvalue weighted by Crippen LogP contribution is 2.41. The van der Waals surface area contributed by atoms with E-state index in [9.17, 15) is 0 Å². The molecule has 12 aromatic rings. The van der Waals surface area contributed by atoms with E-state index in [4.69, 9.17) is 15.0 Å². The third-order valence-electron chi connectivity index (χ3n) is 12.8. The molecule has 296 valence electrons. The third kappa shape index (κ3) is 5.62. The van der Waals surface area contributed by atoms with Crippen LogP contribution in [0.2, 0.25) is 0 Å². The second-order valence-corrected chi connectivity index (χ2v) is 16.4. The molecule has 63 heavy (non-hydrogen) atoms. The van der Waals surface area contributed by atoms with Crippen LogP contribution in [0.15, 0.2) is 212 Å². The van der Waals surface area contributed by atoms with Crippen LogP contribution >= 0.6 is 0 Å². The number of allylic oxidation sites excluding steroid dienone is 1. The maximum atomic E-state index is 5.43. The first-order chi connectivity index (χ1) is 31.2. The molecular formula is C57H38N6. The number of nitrogens with zero attached hydrogens (tertiary/aromatic N) is 6. The fourth-order valence-corrected chi connectivity index (χ4v) is 9.89. The number of rotatable bonds is 6. The van der Waals surface area contributed by atoms with Gasteiger partial charge in [-0.2, -0.15) is 0 Å². The summed E-state index contributed by atoms with van der Waals surface area (Å²) in [6.07, 6.45) is 8.23. The van der Waals surface area contributed by atoms with Gasteiger partial charge in [0.2, 0.25) is 0 Å². The number of aliphatic imine (C=N–C) groups is 1. The molecule has 0 bridgehead atoms. The van der Waals surface area contributed by atoms with Crippen molar-refractivity contribution in [3.8, 4) is 39.7 Å². The van der Waals surface area contributed by atoms with E-state index in [0.29, 0.717) is 5.82 Å². The number of aromatic nitrogens is 5. The van der Waals surface area contributed by atoms with E-state index in [1.54, 1.807) is 0 Å². The van der Waals surface area contributed by atoms with Crippen molar-refractivity contribution in [3.63, 3.8) is 0 Å².